The highest BCUT2D eigenvalue weighted by Crippen LogP contribution is 2.59. The van der Waals surface area contributed by atoms with E-state index in [1.807, 2.05) is 48.5 Å². The minimum atomic E-state index is -0.717. The zero-order valence-corrected chi connectivity index (χ0v) is 17.2. The van der Waals surface area contributed by atoms with Gasteiger partial charge in [0.05, 0.1) is 7.11 Å². The summed E-state index contributed by atoms with van der Waals surface area (Å²) in [7, 11) is 3.41. The zero-order valence-electron chi connectivity index (χ0n) is 17.2. The van der Waals surface area contributed by atoms with Gasteiger partial charge in [0.2, 0.25) is 5.91 Å². The number of hydrogen-bond acceptors (Lipinski definition) is 4. The summed E-state index contributed by atoms with van der Waals surface area (Å²) in [5.41, 5.74) is 1.26. The van der Waals surface area contributed by atoms with E-state index in [-0.39, 0.29) is 23.5 Å². The van der Waals surface area contributed by atoms with Crippen LogP contribution in [0, 0.1) is 11.8 Å². The van der Waals surface area contributed by atoms with Crippen molar-refractivity contribution in [2.75, 3.05) is 14.2 Å². The molecule has 0 aromatic heterocycles. The van der Waals surface area contributed by atoms with Crippen molar-refractivity contribution in [1.82, 2.24) is 4.90 Å². The largest absolute Gasteiger partial charge is 0.497 e. The molecule has 1 saturated heterocycles. The molecule has 4 unspecified atom stereocenters. The molecule has 2 aromatic carbocycles. The maximum Gasteiger partial charge on any atom is 0.236 e. The lowest BCUT2D eigenvalue weighted by atomic mass is 9.66. The summed E-state index contributed by atoms with van der Waals surface area (Å²) in [6.07, 6.45) is 6.10. The van der Waals surface area contributed by atoms with E-state index in [1.165, 1.54) is 0 Å². The molecule has 2 aliphatic heterocycles. The van der Waals surface area contributed by atoms with Crippen molar-refractivity contribution < 1.29 is 19.1 Å². The number of carbonyl (C=O) groups excluding carboxylic acids is 2. The Bertz CT molecular complexity index is 1030. The summed E-state index contributed by atoms with van der Waals surface area (Å²) in [6.45, 7) is 0. The van der Waals surface area contributed by atoms with Gasteiger partial charge in [-0.3, -0.25) is 9.59 Å². The number of benzene rings is 2. The average Bonchev–Trinajstić information content (AvgIpc) is 3.22. The topological polar surface area (TPSA) is 55.8 Å². The van der Waals surface area contributed by atoms with Crippen LogP contribution >= 0.6 is 0 Å². The number of piperidine rings is 1. The van der Waals surface area contributed by atoms with Crippen molar-refractivity contribution in [2.24, 2.45) is 11.8 Å². The maximum absolute atomic E-state index is 13.4. The van der Waals surface area contributed by atoms with E-state index >= 15 is 0 Å². The van der Waals surface area contributed by atoms with Crippen LogP contribution in [0.5, 0.6) is 11.5 Å². The van der Waals surface area contributed by atoms with Crippen molar-refractivity contribution in [3.8, 4) is 11.5 Å². The number of allylic oxidation sites excluding steroid dienone is 1. The van der Waals surface area contributed by atoms with Crippen LogP contribution in [0.2, 0.25) is 0 Å². The highest BCUT2D eigenvalue weighted by molar-refractivity contribution is 6.10. The van der Waals surface area contributed by atoms with E-state index in [1.54, 1.807) is 31.2 Å². The van der Waals surface area contributed by atoms with E-state index < -0.39 is 11.6 Å². The van der Waals surface area contributed by atoms with Crippen LogP contribution in [0.3, 0.4) is 0 Å². The molecule has 1 saturated carbocycles. The van der Waals surface area contributed by atoms with Crippen molar-refractivity contribution in [1.29, 1.82) is 0 Å². The van der Waals surface area contributed by atoms with Crippen molar-refractivity contribution in [2.45, 2.75) is 30.9 Å². The minimum absolute atomic E-state index is 0.137. The second kappa shape index (κ2) is 7.01. The first-order valence-corrected chi connectivity index (χ1v) is 10.5. The van der Waals surface area contributed by atoms with Gasteiger partial charge in [-0.2, -0.15) is 0 Å². The Hall–Kier alpha value is -3.08. The van der Waals surface area contributed by atoms with Crippen molar-refractivity contribution in [3.63, 3.8) is 0 Å². The highest BCUT2D eigenvalue weighted by atomic mass is 16.5. The Kier molecular flexibility index (Phi) is 4.42. The smallest absolute Gasteiger partial charge is 0.236 e. The van der Waals surface area contributed by atoms with Gasteiger partial charge in [0, 0.05) is 25.3 Å². The normalized spacial score (nSPS) is 29.3. The molecule has 5 rings (SSSR count). The Morgan fingerprint density at radius 3 is 2.73 bits per heavy atom. The van der Waals surface area contributed by atoms with Crippen LogP contribution < -0.4 is 9.47 Å². The highest BCUT2D eigenvalue weighted by Gasteiger charge is 2.64. The predicted molar refractivity (Wildman–Crippen MR) is 113 cm³/mol. The molecule has 2 heterocycles. The van der Waals surface area contributed by atoms with Gasteiger partial charge in [-0.1, -0.05) is 36.4 Å². The second-order valence-electron chi connectivity index (χ2n) is 8.39. The quantitative estimate of drug-likeness (QED) is 0.571. The third kappa shape index (κ3) is 2.68. The number of rotatable bonds is 4. The molecule has 2 bridgehead atoms. The van der Waals surface area contributed by atoms with E-state index in [4.69, 9.17) is 9.47 Å². The van der Waals surface area contributed by atoms with Crippen LogP contribution in [-0.2, 0) is 9.59 Å². The Morgan fingerprint density at radius 2 is 1.97 bits per heavy atom. The predicted octanol–water partition coefficient (Wildman–Crippen LogP) is 4.04. The van der Waals surface area contributed by atoms with Crippen LogP contribution in [0.4, 0.5) is 0 Å². The number of ketones is 1. The second-order valence-corrected chi connectivity index (χ2v) is 8.39. The SMILES string of the molecule is COc1ccc(/C=C/C(=O)C2C(=O)N(C)C34CCCC3C2c2ccccc2O4)cc1. The van der Waals surface area contributed by atoms with Gasteiger partial charge in [-0.25, -0.2) is 0 Å². The number of ether oxygens (including phenoxy) is 2. The van der Waals surface area contributed by atoms with Gasteiger partial charge in [-0.05, 0) is 48.2 Å². The molecule has 0 N–H and O–H groups in total. The Morgan fingerprint density at radius 1 is 1.20 bits per heavy atom. The Balaban J connectivity index is 1.52. The number of para-hydroxylation sites is 1. The van der Waals surface area contributed by atoms with Gasteiger partial charge in [0.15, 0.2) is 11.5 Å². The first-order valence-electron chi connectivity index (χ1n) is 10.5. The van der Waals surface area contributed by atoms with E-state index in [0.29, 0.717) is 0 Å². The molecule has 5 heteroatoms. The molecular formula is C25H25NO4. The number of nitrogens with zero attached hydrogens (tertiary/aromatic N) is 1. The molecular weight excluding hydrogens is 378 g/mol. The van der Waals surface area contributed by atoms with E-state index in [2.05, 4.69) is 0 Å². The molecule has 2 fully saturated rings. The number of hydrogen-bond donors (Lipinski definition) is 0. The fourth-order valence-electron chi connectivity index (χ4n) is 5.57. The van der Waals surface area contributed by atoms with Crippen molar-refractivity contribution >= 4 is 17.8 Å². The summed E-state index contributed by atoms with van der Waals surface area (Å²) < 4.78 is 11.6. The van der Waals surface area contributed by atoms with E-state index in [0.717, 1.165) is 41.9 Å². The van der Waals surface area contributed by atoms with Crippen LogP contribution in [0.25, 0.3) is 6.08 Å². The fourth-order valence-corrected chi connectivity index (χ4v) is 5.57. The molecule has 1 aliphatic carbocycles. The first kappa shape index (κ1) is 18.9. The third-order valence-corrected chi connectivity index (χ3v) is 7.01. The van der Waals surface area contributed by atoms with Crippen LogP contribution in [0.15, 0.2) is 54.6 Å². The lowest BCUT2D eigenvalue weighted by Gasteiger charge is -2.55. The summed E-state index contributed by atoms with van der Waals surface area (Å²) in [6, 6.07) is 15.4. The molecule has 30 heavy (non-hydrogen) atoms. The molecule has 0 radical (unpaired) electrons. The van der Waals surface area contributed by atoms with Crippen LogP contribution in [-0.4, -0.2) is 36.5 Å². The van der Waals surface area contributed by atoms with Gasteiger partial charge in [-0.15, -0.1) is 0 Å². The number of likely N-dealkylation sites (tertiary alicyclic amines) is 1. The fraction of sp³-hybridized carbons (Fsp3) is 0.360. The molecule has 5 nitrogen and oxygen atoms in total. The zero-order chi connectivity index (χ0) is 20.9. The third-order valence-electron chi connectivity index (χ3n) is 7.01. The number of methoxy groups -OCH3 is 1. The number of carbonyl (C=O) groups is 2. The number of amides is 1. The standard InChI is InChI=1S/C25H25NO4/c1-26-24(28)23(20(27)14-11-16-9-12-17(29-2)13-10-16)22-18-6-3-4-8-21(18)30-25(26)15-5-7-19(22)25/h3-4,6,8-14,19,22-23H,5,7,15H2,1-2H3/b14-11+. The average molecular weight is 403 g/mol. The first-order chi connectivity index (χ1) is 14.5. The molecule has 1 amide bonds. The molecule has 0 spiro atoms. The summed E-state index contributed by atoms with van der Waals surface area (Å²) in [4.78, 5) is 28.5. The Labute approximate surface area is 176 Å². The monoisotopic (exact) mass is 403 g/mol. The summed E-state index contributed by atoms with van der Waals surface area (Å²) in [5, 5.41) is 0. The molecule has 154 valence electrons. The molecule has 2 aromatic rings. The summed E-state index contributed by atoms with van der Waals surface area (Å²) >= 11 is 0. The van der Waals surface area contributed by atoms with Gasteiger partial charge in [0.25, 0.3) is 0 Å². The maximum atomic E-state index is 13.4. The lowest BCUT2D eigenvalue weighted by molar-refractivity contribution is -0.184. The number of fused-ring (bicyclic) bond motifs is 2. The van der Waals surface area contributed by atoms with Gasteiger partial charge < -0.3 is 14.4 Å². The minimum Gasteiger partial charge on any atom is -0.497 e. The molecule has 4 atom stereocenters. The van der Waals surface area contributed by atoms with Crippen molar-refractivity contribution in [3.05, 3.63) is 65.7 Å². The van der Waals surface area contributed by atoms with E-state index in [9.17, 15) is 9.59 Å². The lowest BCUT2D eigenvalue weighted by Crippen LogP contribution is -2.66. The van der Waals surface area contributed by atoms with Gasteiger partial charge >= 0.3 is 0 Å². The van der Waals surface area contributed by atoms with Crippen LogP contribution in [0.1, 0.15) is 36.3 Å². The molecule has 3 aliphatic rings. The summed E-state index contributed by atoms with van der Waals surface area (Å²) in [5.74, 6) is 0.552. The van der Waals surface area contributed by atoms with Gasteiger partial charge in [0.1, 0.15) is 17.4 Å².